The Labute approximate surface area is 80.7 Å². The van der Waals surface area contributed by atoms with Crippen molar-refractivity contribution in [3.63, 3.8) is 0 Å². The van der Waals surface area contributed by atoms with E-state index in [0.29, 0.717) is 12.3 Å². The molecular weight excluding hydrogens is 221 g/mol. The Balaban J connectivity index is 3.27. The Bertz CT molecular complexity index is 374. The molecule has 0 N–H and O–H groups in total. The normalized spacial score (nSPS) is 11.9. The molecular formula is C8H4F5NO. The number of pyridine rings is 1. The zero-order valence-electron chi connectivity index (χ0n) is 7.05. The molecule has 0 aromatic carbocycles. The highest BCUT2D eigenvalue weighted by molar-refractivity contribution is 5.77. The largest absolute Gasteiger partial charge is 0.434 e. The van der Waals surface area contributed by atoms with Crippen molar-refractivity contribution >= 4 is 6.29 Å². The van der Waals surface area contributed by atoms with Crippen molar-refractivity contribution in [2.45, 2.75) is 12.6 Å². The zero-order chi connectivity index (χ0) is 11.6. The molecule has 1 heterocycles. The second-order valence-corrected chi connectivity index (χ2v) is 2.62. The smallest absolute Gasteiger partial charge is 0.298 e. The summed E-state index contributed by atoms with van der Waals surface area (Å²) in [5.74, 6) is 0. The third-order valence-corrected chi connectivity index (χ3v) is 1.59. The molecule has 0 saturated heterocycles. The number of aldehydes is 1. The fourth-order valence-corrected chi connectivity index (χ4v) is 0.945. The van der Waals surface area contributed by atoms with Crippen molar-refractivity contribution in [1.82, 2.24) is 4.98 Å². The highest BCUT2D eigenvalue weighted by atomic mass is 19.4. The minimum absolute atomic E-state index is 0.151. The van der Waals surface area contributed by atoms with E-state index in [4.69, 9.17) is 0 Å². The SMILES string of the molecule is O=Cc1cc(C(F)F)cnc1C(F)(F)F. The van der Waals surface area contributed by atoms with Crippen LogP contribution in [-0.4, -0.2) is 11.3 Å². The van der Waals surface area contributed by atoms with E-state index in [9.17, 15) is 26.7 Å². The fraction of sp³-hybridized carbons (Fsp3) is 0.250. The van der Waals surface area contributed by atoms with Crippen LogP contribution in [0.5, 0.6) is 0 Å². The summed E-state index contributed by atoms with van der Waals surface area (Å²) in [7, 11) is 0. The lowest BCUT2D eigenvalue weighted by atomic mass is 10.1. The van der Waals surface area contributed by atoms with E-state index in [2.05, 4.69) is 4.98 Å². The van der Waals surface area contributed by atoms with Gasteiger partial charge in [0.1, 0.15) is 0 Å². The van der Waals surface area contributed by atoms with E-state index < -0.39 is 29.4 Å². The van der Waals surface area contributed by atoms with Gasteiger partial charge in [0.15, 0.2) is 12.0 Å². The molecule has 0 fully saturated rings. The van der Waals surface area contributed by atoms with Crippen LogP contribution in [0, 0.1) is 0 Å². The first-order valence-electron chi connectivity index (χ1n) is 3.66. The molecule has 82 valence electrons. The van der Waals surface area contributed by atoms with Crippen molar-refractivity contribution in [3.8, 4) is 0 Å². The average molecular weight is 225 g/mol. The van der Waals surface area contributed by atoms with Gasteiger partial charge in [-0.2, -0.15) is 13.2 Å². The molecule has 0 aliphatic heterocycles. The van der Waals surface area contributed by atoms with Crippen molar-refractivity contribution in [3.05, 3.63) is 29.1 Å². The predicted molar refractivity (Wildman–Crippen MR) is 39.6 cm³/mol. The second kappa shape index (κ2) is 3.92. The number of hydrogen-bond donors (Lipinski definition) is 0. The Morgan fingerprint density at radius 3 is 2.33 bits per heavy atom. The average Bonchev–Trinajstić information content (AvgIpc) is 2.15. The molecule has 0 bridgehead atoms. The third kappa shape index (κ3) is 2.48. The van der Waals surface area contributed by atoms with Crippen LogP contribution in [0.15, 0.2) is 12.3 Å². The van der Waals surface area contributed by atoms with Crippen molar-refractivity contribution in [2.24, 2.45) is 0 Å². The standard InChI is InChI=1S/C8H4F5NO/c9-7(10)4-1-5(3-15)6(14-2-4)8(11,12)13/h1-3,7H. The van der Waals surface area contributed by atoms with E-state index >= 15 is 0 Å². The van der Waals surface area contributed by atoms with Gasteiger partial charge in [-0.15, -0.1) is 0 Å². The first-order chi connectivity index (χ1) is 6.86. The molecule has 0 atom stereocenters. The van der Waals surface area contributed by atoms with Gasteiger partial charge in [0.2, 0.25) is 0 Å². The molecule has 2 nitrogen and oxygen atoms in total. The quantitative estimate of drug-likeness (QED) is 0.572. The van der Waals surface area contributed by atoms with Crippen LogP contribution in [0.25, 0.3) is 0 Å². The number of carbonyl (C=O) groups is 1. The molecule has 0 saturated carbocycles. The van der Waals surface area contributed by atoms with Gasteiger partial charge >= 0.3 is 6.18 Å². The van der Waals surface area contributed by atoms with Crippen molar-refractivity contribution in [1.29, 1.82) is 0 Å². The van der Waals surface area contributed by atoms with Gasteiger partial charge in [-0.25, -0.2) is 8.78 Å². The molecule has 0 aliphatic carbocycles. The van der Waals surface area contributed by atoms with Gasteiger partial charge < -0.3 is 0 Å². The van der Waals surface area contributed by atoms with Crippen LogP contribution in [0.3, 0.4) is 0 Å². The summed E-state index contributed by atoms with van der Waals surface area (Å²) in [6.45, 7) is 0. The van der Waals surface area contributed by atoms with E-state index in [1.54, 1.807) is 0 Å². The highest BCUT2D eigenvalue weighted by Gasteiger charge is 2.35. The molecule has 0 unspecified atom stereocenters. The number of halogens is 5. The van der Waals surface area contributed by atoms with Crippen molar-refractivity contribution < 1.29 is 26.7 Å². The van der Waals surface area contributed by atoms with E-state index in [1.165, 1.54) is 0 Å². The molecule has 0 radical (unpaired) electrons. The Kier molecular flexibility index (Phi) is 3.01. The Morgan fingerprint density at radius 1 is 1.33 bits per heavy atom. The van der Waals surface area contributed by atoms with Gasteiger partial charge in [-0.05, 0) is 6.07 Å². The lowest BCUT2D eigenvalue weighted by Crippen LogP contribution is -2.12. The molecule has 15 heavy (non-hydrogen) atoms. The summed E-state index contributed by atoms with van der Waals surface area (Å²) < 4.78 is 60.6. The molecule has 1 aromatic heterocycles. The number of alkyl halides is 5. The van der Waals surface area contributed by atoms with E-state index in [-0.39, 0.29) is 6.29 Å². The van der Waals surface area contributed by atoms with Crippen LogP contribution in [0.1, 0.15) is 28.0 Å². The van der Waals surface area contributed by atoms with Crippen LogP contribution in [0.4, 0.5) is 22.0 Å². The van der Waals surface area contributed by atoms with Gasteiger partial charge in [0, 0.05) is 17.3 Å². The van der Waals surface area contributed by atoms with Gasteiger partial charge in [0.25, 0.3) is 6.43 Å². The maximum Gasteiger partial charge on any atom is 0.434 e. The molecule has 7 heteroatoms. The highest BCUT2D eigenvalue weighted by Crippen LogP contribution is 2.31. The molecule has 1 aromatic rings. The summed E-state index contributed by atoms with van der Waals surface area (Å²) in [5, 5.41) is 0. The zero-order valence-corrected chi connectivity index (χ0v) is 7.05. The van der Waals surface area contributed by atoms with E-state index in [0.717, 1.165) is 0 Å². The molecule has 0 aliphatic rings. The second-order valence-electron chi connectivity index (χ2n) is 2.62. The number of nitrogens with zero attached hydrogens (tertiary/aromatic N) is 1. The maximum absolute atomic E-state index is 12.2. The van der Waals surface area contributed by atoms with Crippen molar-refractivity contribution in [2.75, 3.05) is 0 Å². The fourth-order valence-electron chi connectivity index (χ4n) is 0.945. The summed E-state index contributed by atoms with van der Waals surface area (Å²) in [6.07, 6.45) is -7.53. The summed E-state index contributed by atoms with van der Waals surface area (Å²) in [6, 6.07) is 0.480. The van der Waals surface area contributed by atoms with Crippen LogP contribution in [0.2, 0.25) is 0 Å². The minimum Gasteiger partial charge on any atom is -0.298 e. The van der Waals surface area contributed by atoms with Gasteiger partial charge in [-0.1, -0.05) is 0 Å². The predicted octanol–water partition coefficient (Wildman–Crippen LogP) is 2.85. The molecule has 0 amide bonds. The number of carbonyl (C=O) groups excluding carboxylic acids is 1. The summed E-state index contributed by atoms with van der Waals surface area (Å²) in [5.41, 5.74) is -3.06. The summed E-state index contributed by atoms with van der Waals surface area (Å²) in [4.78, 5) is 13.1. The lowest BCUT2D eigenvalue weighted by molar-refractivity contribution is -0.141. The van der Waals surface area contributed by atoms with E-state index in [1.807, 2.05) is 0 Å². The monoisotopic (exact) mass is 225 g/mol. The number of hydrogen-bond acceptors (Lipinski definition) is 2. The van der Waals surface area contributed by atoms with Crippen LogP contribution >= 0.6 is 0 Å². The van der Waals surface area contributed by atoms with Crippen LogP contribution < -0.4 is 0 Å². The maximum atomic E-state index is 12.2. The Hall–Kier alpha value is -1.53. The molecule has 1 rings (SSSR count). The van der Waals surface area contributed by atoms with Crippen LogP contribution in [-0.2, 0) is 6.18 Å². The lowest BCUT2D eigenvalue weighted by Gasteiger charge is -2.09. The van der Waals surface area contributed by atoms with Gasteiger partial charge in [-0.3, -0.25) is 9.78 Å². The first-order valence-corrected chi connectivity index (χ1v) is 3.66. The van der Waals surface area contributed by atoms with Gasteiger partial charge in [0.05, 0.1) is 0 Å². The topological polar surface area (TPSA) is 30.0 Å². The number of rotatable bonds is 2. The minimum atomic E-state index is -4.82. The summed E-state index contributed by atoms with van der Waals surface area (Å²) >= 11 is 0. The first kappa shape index (κ1) is 11.5. The third-order valence-electron chi connectivity index (χ3n) is 1.59. The molecule has 0 spiro atoms. The number of aromatic nitrogens is 1. The Morgan fingerprint density at radius 2 is 1.93 bits per heavy atom.